The fourth-order valence-corrected chi connectivity index (χ4v) is 3.00. The number of benzene rings is 1. The topological polar surface area (TPSA) is 38.5 Å². The summed E-state index contributed by atoms with van der Waals surface area (Å²) in [5.41, 5.74) is 7.77. The minimum absolute atomic E-state index is 0.143. The Hall–Kier alpha value is -1.06. The van der Waals surface area contributed by atoms with Gasteiger partial charge in [0.1, 0.15) is 0 Å². The summed E-state index contributed by atoms with van der Waals surface area (Å²) in [7, 11) is 4.17. The Bertz CT molecular complexity index is 419. The van der Waals surface area contributed by atoms with Gasteiger partial charge in [-0.1, -0.05) is 26.0 Å². The van der Waals surface area contributed by atoms with Crippen molar-refractivity contribution in [3.63, 3.8) is 0 Å². The van der Waals surface area contributed by atoms with Crippen molar-refractivity contribution in [3.8, 4) is 0 Å². The van der Waals surface area contributed by atoms with E-state index in [0.29, 0.717) is 12.0 Å². The molecule has 1 aromatic rings. The minimum Gasteiger partial charge on any atom is -0.399 e. The number of anilines is 1. The maximum absolute atomic E-state index is 6.24. The molecule has 2 N–H and O–H groups in total. The van der Waals surface area contributed by atoms with Crippen LogP contribution >= 0.6 is 0 Å². The van der Waals surface area contributed by atoms with Gasteiger partial charge in [0.05, 0.1) is 11.7 Å². The van der Waals surface area contributed by atoms with E-state index in [1.807, 2.05) is 18.2 Å². The second-order valence-corrected chi connectivity index (χ2v) is 5.58. The second-order valence-electron chi connectivity index (χ2n) is 5.58. The van der Waals surface area contributed by atoms with Crippen LogP contribution in [0, 0.1) is 5.92 Å². The van der Waals surface area contributed by atoms with E-state index in [0.717, 1.165) is 18.7 Å². The van der Waals surface area contributed by atoms with E-state index in [4.69, 9.17) is 10.5 Å². The van der Waals surface area contributed by atoms with Crippen molar-refractivity contribution in [1.29, 1.82) is 0 Å². The molecule has 3 atom stereocenters. The molecule has 0 spiro atoms. The lowest BCUT2D eigenvalue weighted by Gasteiger charge is -2.54. The Morgan fingerprint density at radius 1 is 1.39 bits per heavy atom. The summed E-state index contributed by atoms with van der Waals surface area (Å²) < 4.78 is 6.24. The summed E-state index contributed by atoms with van der Waals surface area (Å²) in [6.07, 6.45) is 1.31. The number of hydrogen-bond acceptors (Lipinski definition) is 3. The third-order valence-corrected chi connectivity index (χ3v) is 4.10. The first-order valence-electron chi connectivity index (χ1n) is 6.68. The van der Waals surface area contributed by atoms with Gasteiger partial charge in [0.2, 0.25) is 0 Å². The number of ether oxygens (including phenoxy) is 1. The summed E-state index contributed by atoms with van der Waals surface area (Å²) in [6, 6.07) is 8.11. The van der Waals surface area contributed by atoms with Crippen molar-refractivity contribution in [1.82, 2.24) is 4.90 Å². The van der Waals surface area contributed by atoms with Gasteiger partial charge < -0.3 is 15.4 Å². The molecule has 100 valence electrons. The predicted octanol–water partition coefficient (Wildman–Crippen LogP) is 2.47. The van der Waals surface area contributed by atoms with Crippen molar-refractivity contribution in [2.24, 2.45) is 5.92 Å². The van der Waals surface area contributed by atoms with E-state index in [9.17, 15) is 0 Å². The van der Waals surface area contributed by atoms with Crippen LogP contribution in [-0.4, -0.2) is 31.6 Å². The van der Waals surface area contributed by atoms with Crippen molar-refractivity contribution in [3.05, 3.63) is 29.8 Å². The summed E-state index contributed by atoms with van der Waals surface area (Å²) in [4.78, 5) is 2.18. The highest BCUT2D eigenvalue weighted by molar-refractivity contribution is 5.43. The number of rotatable bonds is 4. The average Bonchev–Trinajstić information content (AvgIpc) is 2.33. The molecule has 0 aliphatic carbocycles. The van der Waals surface area contributed by atoms with Crippen molar-refractivity contribution in [2.45, 2.75) is 32.0 Å². The first kappa shape index (κ1) is 13.4. The molecule has 1 saturated heterocycles. The van der Waals surface area contributed by atoms with E-state index in [-0.39, 0.29) is 5.60 Å². The summed E-state index contributed by atoms with van der Waals surface area (Å²) in [6.45, 7) is 5.45. The third-order valence-electron chi connectivity index (χ3n) is 4.10. The van der Waals surface area contributed by atoms with Crippen molar-refractivity contribution < 1.29 is 4.74 Å². The highest BCUT2D eigenvalue weighted by Crippen LogP contribution is 2.49. The molecule has 1 aromatic carbocycles. The molecule has 1 aliphatic rings. The molecule has 1 fully saturated rings. The van der Waals surface area contributed by atoms with Crippen molar-refractivity contribution >= 4 is 5.69 Å². The number of likely N-dealkylation sites (N-methyl/N-ethyl adjacent to an activating group) is 1. The zero-order valence-corrected chi connectivity index (χ0v) is 11.8. The van der Waals surface area contributed by atoms with Gasteiger partial charge in [0.25, 0.3) is 0 Å². The first-order chi connectivity index (χ1) is 8.49. The molecular formula is C15H24N2O. The fourth-order valence-electron chi connectivity index (χ4n) is 3.00. The molecular weight excluding hydrogens is 224 g/mol. The lowest BCUT2D eigenvalue weighted by molar-refractivity contribution is -0.267. The number of hydrogen-bond donors (Lipinski definition) is 1. The highest BCUT2D eigenvalue weighted by Gasteiger charge is 2.52. The molecule has 3 nitrogen and oxygen atoms in total. The van der Waals surface area contributed by atoms with Gasteiger partial charge in [-0.3, -0.25) is 0 Å². The van der Waals surface area contributed by atoms with Crippen molar-refractivity contribution in [2.75, 3.05) is 26.4 Å². The van der Waals surface area contributed by atoms with Gasteiger partial charge in [-0.25, -0.2) is 0 Å². The molecule has 18 heavy (non-hydrogen) atoms. The predicted molar refractivity (Wildman–Crippen MR) is 75.4 cm³/mol. The second kappa shape index (κ2) is 4.90. The molecule has 0 bridgehead atoms. The summed E-state index contributed by atoms with van der Waals surface area (Å²) >= 11 is 0. The number of nitrogens with zero attached hydrogens (tertiary/aromatic N) is 1. The van der Waals surface area contributed by atoms with Crippen LogP contribution < -0.4 is 5.73 Å². The smallest absolute Gasteiger partial charge is 0.0984 e. The zero-order valence-electron chi connectivity index (χ0n) is 11.8. The maximum atomic E-state index is 6.24. The molecule has 3 heteroatoms. The molecule has 0 radical (unpaired) electrons. The lowest BCUT2D eigenvalue weighted by Crippen LogP contribution is -2.59. The Morgan fingerprint density at radius 3 is 2.61 bits per heavy atom. The maximum Gasteiger partial charge on any atom is 0.0984 e. The van der Waals surface area contributed by atoms with E-state index in [1.165, 1.54) is 5.56 Å². The van der Waals surface area contributed by atoms with Gasteiger partial charge in [0, 0.05) is 18.2 Å². The quantitative estimate of drug-likeness (QED) is 0.832. The van der Waals surface area contributed by atoms with Crippen LogP contribution in [-0.2, 0) is 10.3 Å². The lowest BCUT2D eigenvalue weighted by atomic mass is 9.71. The van der Waals surface area contributed by atoms with E-state index < -0.39 is 0 Å². The van der Waals surface area contributed by atoms with Crippen LogP contribution in [0.5, 0.6) is 0 Å². The Balaban J connectivity index is 2.20. The SMILES string of the molecule is CC[C@@]1(c2cccc(N)c2)OC(CN(C)C)[C@@H]1C. The molecule has 2 rings (SSSR count). The minimum atomic E-state index is -0.143. The molecule has 1 unspecified atom stereocenters. The Labute approximate surface area is 110 Å². The van der Waals surface area contributed by atoms with Gasteiger partial charge in [0.15, 0.2) is 0 Å². The molecule has 1 aliphatic heterocycles. The third kappa shape index (κ3) is 2.13. The van der Waals surface area contributed by atoms with Crippen LogP contribution in [0.1, 0.15) is 25.8 Å². The van der Waals surface area contributed by atoms with Gasteiger partial charge in [-0.05, 0) is 38.2 Å². The van der Waals surface area contributed by atoms with Gasteiger partial charge >= 0.3 is 0 Å². The Kier molecular flexibility index (Phi) is 3.64. The van der Waals surface area contributed by atoms with Crippen LogP contribution in [0.4, 0.5) is 5.69 Å². The van der Waals surface area contributed by atoms with Gasteiger partial charge in [-0.15, -0.1) is 0 Å². The van der Waals surface area contributed by atoms with Crippen LogP contribution in [0.15, 0.2) is 24.3 Å². The monoisotopic (exact) mass is 248 g/mol. The van der Waals surface area contributed by atoms with Crippen LogP contribution in [0.3, 0.4) is 0 Å². The molecule has 1 heterocycles. The van der Waals surface area contributed by atoms with Crippen LogP contribution in [0.2, 0.25) is 0 Å². The standard InChI is InChI=1S/C15H24N2O/c1-5-15(12-7-6-8-13(16)9-12)11(2)14(18-15)10-17(3)4/h6-9,11,14H,5,10,16H2,1-4H3/t11-,14?,15+/m0/s1. The molecule has 0 saturated carbocycles. The largest absolute Gasteiger partial charge is 0.399 e. The molecule has 0 aromatic heterocycles. The number of nitrogens with two attached hydrogens (primary N) is 1. The van der Waals surface area contributed by atoms with E-state index >= 15 is 0 Å². The summed E-state index contributed by atoms with van der Waals surface area (Å²) in [5.74, 6) is 0.520. The highest BCUT2D eigenvalue weighted by atomic mass is 16.5. The van der Waals surface area contributed by atoms with Gasteiger partial charge in [-0.2, -0.15) is 0 Å². The Morgan fingerprint density at radius 2 is 2.11 bits per heavy atom. The van der Waals surface area contributed by atoms with E-state index in [1.54, 1.807) is 0 Å². The fraction of sp³-hybridized carbons (Fsp3) is 0.600. The average molecular weight is 248 g/mol. The summed E-state index contributed by atoms with van der Waals surface area (Å²) in [5, 5.41) is 0. The molecule has 0 amide bonds. The normalized spacial score (nSPS) is 31.4. The first-order valence-corrected chi connectivity index (χ1v) is 6.68. The van der Waals surface area contributed by atoms with E-state index in [2.05, 4.69) is 38.9 Å². The van der Waals surface area contributed by atoms with Crippen LogP contribution in [0.25, 0.3) is 0 Å². The number of nitrogen functional groups attached to an aromatic ring is 1. The zero-order chi connectivity index (χ0) is 13.3.